The largest absolute Gasteiger partial charge is 0.462 e. The third-order valence-electron chi connectivity index (χ3n) is 7.28. The molecule has 1 fully saturated rings. The monoisotopic (exact) mass is 523 g/mol. The van der Waals surface area contributed by atoms with Crippen molar-refractivity contribution in [1.29, 1.82) is 0 Å². The molecule has 200 valence electrons. The fourth-order valence-electron chi connectivity index (χ4n) is 4.86. The Kier molecular flexibility index (Phi) is 7.38. The van der Waals surface area contributed by atoms with Crippen molar-refractivity contribution in [1.82, 2.24) is 5.16 Å². The number of nitrogens with zero attached hydrogens (tertiary/aromatic N) is 1. The number of carbonyl (C=O) groups excluding carboxylic acids is 2. The summed E-state index contributed by atoms with van der Waals surface area (Å²) in [5.41, 5.74) is 5.76. The number of hydrogen-bond donors (Lipinski definition) is 0. The van der Waals surface area contributed by atoms with E-state index in [1.54, 1.807) is 0 Å². The average Bonchev–Trinajstić information content (AvgIpc) is 3.68. The van der Waals surface area contributed by atoms with Gasteiger partial charge in [0.2, 0.25) is 0 Å². The zero-order chi connectivity index (χ0) is 27.6. The Hall–Kier alpha value is -4.19. The summed E-state index contributed by atoms with van der Waals surface area (Å²) in [5.74, 6) is 0.102. The van der Waals surface area contributed by atoms with Crippen LogP contribution in [0.1, 0.15) is 62.1 Å². The van der Waals surface area contributed by atoms with E-state index >= 15 is 0 Å². The highest BCUT2D eigenvalue weighted by Gasteiger charge is 2.53. The van der Waals surface area contributed by atoms with Gasteiger partial charge in [-0.2, -0.15) is 0 Å². The number of carbonyl (C=O) groups is 2. The van der Waals surface area contributed by atoms with Crippen LogP contribution < -0.4 is 0 Å². The van der Waals surface area contributed by atoms with Gasteiger partial charge in [-0.15, -0.1) is 0 Å². The molecule has 1 atom stereocenters. The van der Waals surface area contributed by atoms with Gasteiger partial charge in [-0.3, -0.25) is 9.59 Å². The SMILES string of the molecule is Cc1noc(-c2ccc(-c3ccc(C4(C(=O)OC(C)C)CC4)cc3)cc2)c1CC(=O)O[C@H](C)c1ccccc1. The smallest absolute Gasteiger partial charge is 0.316 e. The lowest BCUT2D eigenvalue weighted by atomic mass is 9.93. The van der Waals surface area contributed by atoms with Crippen molar-refractivity contribution in [2.75, 3.05) is 0 Å². The van der Waals surface area contributed by atoms with Crippen molar-refractivity contribution in [3.8, 4) is 22.5 Å². The van der Waals surface area contributed by atoms with Gasteiger partial charge in [0.15, 0.2) is 5.76 Å². The molecule has 0 radical (unpaired) electrons. The summed E-state index contributed by atoms with van der Waals surface area (Å²) in [6.45, 7) is 7.45. The molecule has 6 nitrogen and oxygen atoms in total. The third kappa shape index (κ3) is 5.65. The van der Waals surface area contributed by atoms with Crippen molar-refractivity contribution in [2.24, 2.45) is 0 Å². The molecule has 0 N–H and O–H groups in total. The van der Waals surface area contributed by atoms with Crippen LogP contribution in [0.4, 0.5) is 0 Å². The highest BCUT2D eigenvalue weighted by molar-refractivity contribution is 5.87. The summed E-state index contributed by atoms with van der Waals surface area (Å²) in [7, 11) is 0. The first-order chi connectivity index (χ1) is 18.8. The van der Waals surface area contributed by atoms with E-state index in [4.69, 9.17) is 14.0 Å². The molecule has 39 heavy (non-hydrogen) atoms. The van der Waals surface area contributed by atoms with E-state index in [9.17, 15) is 9.59 Å². The first-order valence-electron chi connectivity index (χ1n) is 13.4. The Morgan fingerprint density at radius 3 is 2.03 bits per heavy atom. The second-order valence-corrected chi connectivity index (χ2v) is 10.5. The molecule has 1 aliphatic carbocycles. The van der Waals surface area contributed by atoms with E-state index < -0.39 is 5.41 Å². The van der Waals surface area contributed by atoms with Crippen LogP contribution >= 0.6 is 0 Å². The van der Waals surface area contributed by atoms with Crippen LogP contribution in [0.25, 0.3) is 22.5 Å². The Morgan fingerprint density at radius 2 is 1.44 bits per heavy atom. The molecule has 0 amide bonds. The van der Waals surface area contributed by atoms with Crippen LogP contribution in [0.2, 0.25) is 0 Å². The first kappa shape index (κ1) is 26.4. The lowest BCUT2D eigenvalue weighted by Crippen LogP contribution is -2.25. The van der Waals surface area contributed by atoms with Crippen molar-refractivity contribution >= 4 is 11.9 Å². The van der Waals surface area contributed by atoms with Gasteiger partial charge in [-0.05, 0) is 62.8 Å². The Bertz CT molecular complexity index is 1450. The molecule has 1 aromatic heterocycles. The number of aromatic nitrogens is 1. The number of esters is 2. The summed E-state index contributed by atoms with van der Waals surface area (Å²) in [5, 5.41) is 4.11. The fraction of sp³-hybridized carbons (Fsp3) is 0.303. The van der Waals surface area contributed by atoms with Crippen LogP contribution in [0, 0.1) is 6.92 Å². The summed E-state index contributed by atoms with van der Waals surface area (Å²) < 4.78 is 16.8. The molecule has 1 aliphatic rings. The van der Waals surface area contributed by atoms with E-state index in [1.165, 1.54) is 0 Å². The minimum atomic E-state index is -0.493. The second-order valence-electron chi connectivity index (χ2n) is 10.5. The van der Waals surface area contributed by atoms with Crippen molar-refractivity contribution in [2.45, 2.75) is 64.6 Å². The maximum absolute atomic E-state index is 12.7. The van der Waals surface area contributed by atoms with Gasteiger partial charge in [-0.25, -0.2) is 0 Å². The highest BCUT2D eigenvalue weighted by Crippen LogP contribution is 2.49. The van der Waals surface area contributed by atoms with E-state index in [0.717, 1.165) is 46.2 Å². The molecule has 6 heteroatoms. The molecule has 5 rings (SSSR count). The topological polar surface area (TPSA) is 78.6 Å². The first-order valence-corrected chi connectivity index (χ1v) is 13.4. The zero-order valence-corrected chi connectivity index (χ0v) is 22.8. The Balaban J connectivity index is 1.28. The maximum atomic E-state index is 12.7. The molecule has 1 saturated carbocycles. The summed E-state index contributed by atoms with van der Waals surface area (Å²) in [6.07, 6.45) is 1.26. The molecule has 1 heterocycles. The average molecular weight is 524 g/mol. The van der Waals surface area contributed by atoms with Gasteiger partial charge in [-0.1, -0.05) is 84.0 Å². The second kappa shape index (κ2) is 10.9. The van der Waals surface area contributed by atoms with Crippen LogP contribution in [0.3, 0.4) is 0 Å². The molecule has 0 saturated heterocycles. The molecule has 0 unspecified atom stereocenters. The standard InChI is InChI=1S/C33H33NO5/c1-21(2)37-32(36)33(18-19-33)28-16-14-26(15-17-28)25-10-12-27(13-11-25)31-29(22(3)34-39-31)20-30(35)38-23(4)24-8-6-5-7-9-24/h5-17,21,23H,18-20H2,1-4H3/t23-/m1/s1. The van der Waals surface area contributed by atoms with Crippen molar-refractivity contribution in [3.63, 3.8) is 0 Å². The summed E-state index contributed by atoms with van der Waals surface area (Å²) in [6, 6.07) is 25.8. The Morgan fingerprint density at radius 1 is 0.846 bits per heavy atom. The number of aryl methyl sites for hydroxylation is 1. The predicted molar refractivity (Wildman–Crippen MR) is 149 cm³/mol. The molecular formula is C33H33NO5. The van der Waals surface area contributed by atoms with Gasteiger partial charge >= 0.3 is 11.9 Å². The molecule has 0 aliphatic heterocycles. The summed E-state index contributed by atoms with van der Waals surface area (Å²) >= 11 is 0. The molecule has 3 aromatic carbocycles. The van der Waals surface area contributed by atoms with Gasteiger partial charge in [0.25, 0.3) is 0 Å². The minimum Gasteiger partial charge on any atom is -0.462 e. The lowest BCUT2D eigenvalue weighted by Gasteiger charge is -2.17. The number of ether oxygens (including phenoxy) is 2. The van der Waals surface area contributed by atoms with Crippen molar-refractivity contribution in [3.05, 3.63) is 101 Å². The van der Waals surface area contributed by atoms with Gasteiger partial charge in [0, 0.05) is 11.1 Å². The highest BCUT2D eigenvalue weighted by atomic mass is 16.5. The lowest BCUT2D eigenvalue weighted by molar-refractivity contribution is -0.150. The van der Waals surface area contributed by atoms with Gasteiger partial charge < -0.3 is 14.0 Å². The molecule has 4 aromatic rings. The minimum absolute atomic E-state index is 0.0754. The zero-order valence-electron chi connectivity index (χ0n) is 22.8. The van der Waals surface area contributed by atoms with Crippen LogP contribution in [0.5, 0.6) is 0 Å². The van der Waals surface area contributed by atoms with E-state index in [0.29, 0.717) is 11.5 Å². The summed E-state index contributed by atoms with van der Waals surface area (Å²) in [4.78, 5) is 25.4. The van der Waals surface area contributed by atoms with E-state index in [2.05, 4.69) is 5.16 Å². The number of benzene rings is 3. The van der Waals surface area contributed by atoms with Crippen LogP contribution in [0.15, 0.2) is 83.4 Å². The van der Waals surface area contributed by atoms with Crippen LogP contribution in [-0.4, -0.2) is 23.2 Å². The van der Waals surface area contributed by atoms with Gasteiger partial charge in [0.05, 0.1) is 23.6 Å². The number of rotatable bonds is 9. The maximum Gasteiger partial charge on any atom is 0.316 e. The third-order valence-corrected chi connectivity index (χ3v) is 7.28. The predicted octanol–water partition coefficient (Wildman–Crippen LogP) is 7.15. The van der Waals surface area contributed by atoms with E-state index in [-0.39, 0.29) is 30.6 Å². The normalized spacial score (nSPS) is 14.6. The van der Waals surface area contributed by atoms with Crippen LogP contribution in [-0.2, 0) is 30.9 Å². The van der Waals surface area contributed by atoms with Gasteiger partial charge in [0.1, 0.15) is 6.10 Å². The Labute approximate surface area is 228 Å². The quantitative estimate of drug-likeness (QED) is 0.217. The molecular weight excluding hydrogens is 490 g/mol. The molecule has 0 spiro atoms. The number of hydrogen-bond acceptors (Lipinski definition) is 6. The van der Waals surface area contributed by atoms with E-state index in [1.807, 2.05) is 107 Å². The van der Waals surface area contributed by atoms with Crippen molar-refractivity contribution < 1.29 is 23.6 Å². The fourth-order valence-corrected chi connectivity index (χ4v) is 4.86. The molecule has 0 bridgehead atoms.